The van der Waals surface area contributed by atoms with Crippen molar-refractivity contribution in [1.82, 2.24) is 0 Å². The molecular weight excluding hydrogens is 302 g/mol. The molecule has 1 N–H and O–H groups in total. The summed E-state index contributed by atoms with van der Waals surface area (Å²) in [6.45, 7) is 5.72. The van der Waals surface area contributed by atoms with E-state index in [0.717, 1.165) is 16.7 Å². The number of carboxylic acid groups (broad SMARTS) is 1. The van der Waals surface area contributed by atoms with Gasteiger partial charge in [0.25, 0.3) is 0 Å². The van der Waals surface area contributed by atoms with Crippen molar-refractivity contribution < 1.29 is 14.7 Å². The molecule has 2 rings (SSSR count). The molecule has 24 heavy (non-hydrogen) atoms. The molecule has 0 aromatic heterocycles. The molecule has 0 radical (unpaired) electrons. The third-order valence-electron chi connectivity index (χ3n) is 4.30. The fourth-order valence-corrected chi connectivity index (χ4v) is 2.76. The molecule has 0 spiro atoms. The summed E-state index contributed by atoms with van der Waals surface area (Å²) in [6.07, 6.45) is -0.313. The largest absolute Gasteiger partial charge is 0.550 e. The third-order valence-corrected chi connectivity index (χ3v) is 4.30. The van der Waals surface area contributed by atoms with Crippen LogP contribution in [0.25, 0.3) is 0 Å². The highest BCUT2D eigenvalue weighted by atomic mass is 16.4. The number of hydrogen-bond acceptors (Lipinski definition) is 3. The van der Waals surface area contributed by atoms with Gasteiger partial charge in [-0.3, -0.25) is 4.79 Å². The van der Waals surface area contributed by atoms with E-state index < -0.39 is 11.9 Å². The first-order valence-electron chi connectivity index (χ1n) is 8.01. The van der Waals surface area contributed by atoms with Crippen LogP contribution in [-0.2, 0) is 9.59 Å². The molecule has 2 atom stereocenters. The van der Waals surface area contributed by atoms with Gasteiger partial charge in [0.2, 0.25) is 5.91 Å². The lowest BCUT2D eigenvalue weighted by Gasteiger charge is -2.24. The van der Waals surface area contributed by atoms with Crippen LogP contribution in [-0.4, -0.2) is 11.9 Å². The first-order chi connectivity index (χ1) is 11.4. The van der Waals surface area contributed by atoms with Gasteiger partial charge < -0.3 is 15.2 Å². The number of anilines is 1. The Morgan fingerprint density at radius 1 is 1.08 bits per heavy atom. The Labute approximate surface area is 142 Å². The van der Waals surface area contributed by atoms with Gasteiger partial charge in [-0.2, -0.15) is 0 Å². The number of amides is 1. The van der Waals surface area contributed by atoms with E-state index in [-0.39, 0.29) is 18.2 Å². The van der Waals surface area contributed by atoms with Gasteiger partial charge in [-0.15, -0.1) is 0 Å². The molecule has 0 saturated carbocycles. The summed E-state index contributed by atoms with van der Waals surface area (Å²) in [4.78, 5) is 23.9. The molecule has 0 fully saturated rings. The molecule has 4 nitrogen and oxygen atoms in total. The molecule has 0 aliphatic heterocycles. The number of carbonyl (C=O) groups is 2. The smallest absolute Gasteiger partial charge is 0.228 e. The number of aliphatic carboxylic acids is 1. The maximum absolute atomic E-state index is 12.7. The standard InChI is InChI=1S/C20H23NO3/c1-13-9-10-14(2)18(11-13)21-20(24)17(12-19(22)23)15(3)16-7-5-4-6-8-16/h4-11,15,17H,12H2,1-3H3,(H,21,24)(H,22,23)/p-1/t15-,17-/m1/s1. The molecule has 2 aromatic carbocycles. The summed E-state index contributed by atoms with van der Waals surface area (Å²) in [6, 6.07) is 15.2. The van der Waals surface area contributed by atoms with Gasteiger partial charge in [-0.25, -0.2) is 0 Å². The maximum atomic E-state index is 12.7. The van der Waals surface area contributed by atoms with E-state index >= 15 is 0 Å². The lowest BCUT2D eigenvalue weighted by Crippen LogP contribution is -2.34. The number of carboxylic acids is 1. The second-order valence-corrected chi connectivity index (χ2v) is 6.19. The van der Waals surface area contributed by atoms with Crippen LogP contribution >= 0.6 is 0 Å². The monoisotopic (exact) mass is 324 g/mol. The zero-order chi connectivity index (χ0) is 17.7. The first kappa shape index (κ1) is 17.7. The Hall–Kier alpha value is -2.62. The summed E-state index contributed by atoms with van der Waals surface area (Å²) in [5.74, 6) is -2.45. The van der Waals surface area contributed by atoms with E-state index in [1.807, 2.05) is 69.3 Å². The summed E-state index contributed by atoms with van der Waals surface area (Å²) in [5, 5.41) is 14.0. The minimum Gasteiger partial charge on any atom is -0.550 e. The molecule has 0 bridgehead atoms. The van der Waals surface area contributed by atoms with Crippen molar-refractivity contribution in [2.24, 2.45) is 5.92 Å². The Morgan fingerprint density at radius 3 is 2.38 bits per heavy atom. The van der Waals surface area contributed by atoms with Gasteiger partial charge >= 0.3 is 0 Å². The minimum atomic E-state index is -1.22. The van der Waals surface area contributed by atoms with Crippen LogP contribution in [0.4, 0.5) is 5.69 Å². The van der Waals surface area contributed by atoms with E-state index in [1.54, 1.807) is 0 Å². The molecule has 0 aliphatic carbocycles. The van der Waals surface area contributed by atoms with Crippen molar-refractivity contribution in [1.29, 1.82) is 0 Å². The maximum Gasteiger partial charge on any atom is 0.228 e. The second-order valence-electron chi connectivity index (χ2n) is 6.19. The zero-order valence-electron chi connectivity index (χ0n) is 14.2. The molecule has 0 unspecified atom stereocenters. The molecule has 4 heteroatoms. The van der Waals surface area contributed by atoms with E-state index in [2.05, 4.69) is 5.32 Å². The topological polar surface area (TPSA) is 69.2 Å². The van der Waals surface area contributed by atoms with Crippen LogP contribution in [0.5, 0.6) is 0 Å². The van der Waals surface area contributed by atoms with Crippen LogP contribution in [0, 0.1) is 19.8 Å². The van der Waals surface area contributed by atoms with Gasteiger partial charge in [0.15, 0.2) is 0 Å². The molecular formula is C20H22NO3-. The Bertz CT molecular complexity index is 725. The average Bonchev–Trinajstić information content (AvgIpc) is 2.56. The molecule has 0 saturated heterocycles. The van der Waals surface area contributed by atoms with Crippen LogP contribution in [0.2, 0.25) is 0 Å². The van der Waals surface area contributed by atoms with E-state index in [1.165, 1.54) is 0 Å². The zero-order valence-corrected chi connectivity index (χ0v) is 14.2. The number of hydrogen-bond donors (Lipinski definition) is 1. The second kappa shape index (κ2) is 7.77. The normalized spacial score (nSPS) is 13.1. The lowest BCUT2D eigenvalue weighted by molar-refractivity contribution is -0.306. The molecule has 0 aliphatic rings. The summed E-state index contributed by atoms with van der Waals surface area (Å²) >= 11 is 0. The summed E-state index contributed by atoms with van der Waals surface area (Å²) in [5.41, 5.74) is 3.61. The Balaban J connectivity index is 2.25. The average molecular weight is 324 g/mol. The molecule has 1 amide bonds. The predicted octanol–water partition coefficient (Wildman–Crippen LogP) is 2.80. The van der Waals surface area contributed by atoms with Crippen LogP contribution in [0.1, 0.15) is 36.0 Å². The van der Waals surface area contributed by atoms with Crippen molar-refractivity contribution in [2.75, 3.05) is 5.32 Å². The minimum absolute atomic E-state index is 0.228. The Morgan fingerprint density at radius 2 is 1.75 bits per heavy atom. The molecule has 126 valence electrons. The summed E-state index contributed by atoms with van der Waals surface area (Å²) < 4.78 is 0. The van der Waals surface area contributed by atoms with Crippen molar-refractivity contribution >= 4 is 17.6 Å². The van der Waals surface area contributed by atoms with Crippen molar-refractivity contribution in [3.63, 3.8) is 0 Å². The van der Waals surface area contributed by atoms with Gasteiger partial charge in [0.1, 0.15) is 0 Å². The highest BCUT2D eigenvalue weighted by molar-refractivity contribution is 5.95. The van der Waals surface area contributed by atoms with Gasteiger partial charge in [0.05, 0.1) is 5.92 Å². The number of aryl methyl sites for hydroxylation is 2. The van der Waals surface area contributed by atoms with Crippen LogP contribution < -0.4 is 10.4 Å². The van der Waals surface area contributed by atoms with Crippen molar-refractivity contribution in [3.05, 3.63) is 65.2 Å². The predicted molar refractivity (Wildman–Crippen MR) is 92.5 cm³/mol. The Kier molecular flexibility index (Phi) is 5.74. The third kappa shape index (κ3) is 4.44. The SMILES string of the molecule is Cc1ccc(C)c(NC(=O)[C@H](CC(=O)[O-])[C@H](C)c2ccccc2)c1. The quantitative estimate of drug-likeness (QED) is 0.888. The van der Waals surface area contributed by atoms with Crippen molar-refractivity contribution in [2.45, 2.75) is 33.1 Å². The van der Waals surface area contributed by atoms with Crippen LogP contribution in [0.3, 0.4) is 0 Å². The van der Waals surface area contributed by atoms with Crippen molar-refractivity contribution in [3.8, 4) is 0 Å². The number of rotatable bonds is 6. The highest BCUT2D eigenvalue weighted by Crippen LogP contribution is 2.28. The van der Waals surface area contributed by atoms with E-state index in [0.29, 0.717) is 5.69 Å². The van der Waals surface area contributed by atoms with Gasteiger partial charge in [-0.05, 0) is 48.9 Å². The summed E-state index contributed by atoms with van der Waals surface area (Å²) in [7, 11) is 0. The van der Waals surface area contributed by atoms with Gasteiger partial charge in [-0.1, -0.05) is 49.4 Å². The van der Waals surface area contributed by atoms with Crippen LogP contribution in [0.15, 0.2) is 48.5 Å². The fraction of sp³-hybridized carbons (Fsp3) is 0.300. The lowest BCUT2D eigenvalue weighted by atomic mass is 9.84. The fourth-order valence-electron chi connectivity index (χ4n) is 2.76. The number of benzene rings is 2. The number of carbonyl (C=O) groups excluding carboxylic acids is 2. The highest BCUT2D eigenvalue weighted by Gasteiger charge is 2.26. The van der Waals surface area contributed by atoms with Gasteiger partial charge in [0, 0.05) is 11.7 Å². The molecule has 0 heterocycles. The number of nitrogens with one attached hydrogen (secondary N) is 1. The first-order valence-corrected chi connectivity index (χ1v) is 8.01. The van der Waals surface area contributed by atoms with E-state index in [4.69, 9.17) is 0 Å². The van der Waals surface area contributed by atoms with E-state index in [9.17, 15) is 14.7 Å². The molecule has 2 aromatic rings.